The van der Waals surface area contributed by atoms with Gasteiger partial charge in [0.25, 0.3) is 0 Å². The van der Waals surface area contributed by atoms with Crippen molar-refractivity contribution >= 4 is 22.6 Å². The summed E-state index contributed by atoms with van der Waals surface area (Å²) in [4.78, 5) is 4.60. The molecular formula is C12H14ClN3O. The van der Waals surface area contributed by atoms with Crippen LogP contribution in [0.15, 0.2) is 18.2 Å². The highest BCUT2D eigenvalue weighted by molar-refractivity contribution is 6.31. The fraction of sp³-hybridized carbons (Fsp3) is 0.417. The van der Waals surface area contributed by atoms with Gasteiger partial charge >= 0.3 is 0 Å². The molecule has 1 saturated heterocycles. The largest absolute Gasteiger partial charge is 0.379 e. The Morgan fingerprint density at radius 3 is 3.06 bits per heavy atom. The maximum Gasteiger partial charge on any atom is 0.132 e. The average molecular weight is 252 g/mol. The number of nitrogens with zero attached hydrogens (tertiary/aromatic N) is 2. The van der Waals surface area contributed by atoms with Crippen molar-refractivity contribution in [3.05, 3.63) is 29.0 Å². The molecule has 1 aliphatic heterocycles. The van der Waals surface area contributed by atoms with Gasteiger partial charge in [0.05, 0.1) is 17.6 Å². The maximum atomic E-state index is 6.34. The van der Waals surface area contributed by atoms with E-state index in [1.165, 1.54) is 0 Å². The minimum absolute atomic E-state index is 0.472. The van der Waals surface area contributed by atoms with Crippen molar-refractivity contribution < 1.29 is 4.74 Å². The number of benzene rings is 1. The number of ether oxygens (including phenoxy) is 1. The lowest BCUT2D eigenvalue weighted by atomic mass is 9.99. The average Bonchev–Trinajstić information content (AvgIpc) is 2.85. The smallest absolute Gasteiger partial charge is 0.132 e. The van der Waals surface area contributed by atoms with E-state index in [1.807, 2.05) is 29.8 Å². The third-order valence-electron chi connectivity index (χ3n) is 3.34. The van der Waals surface area contributed by atoms with Gasteiger partial charge in [-0.05, 0) is 24.6 Å². The molecule has 17 heavy (non-hydrogen) atoms. The van der Waals surface area contributed by atoms with Crippen LogP contribution in [0.4, 0.5) is 0 Å². The summed E-state index contributed by atoms with van der Waals surface area (Å²) in [6.07, 6.45) is 0.803. The Kier molecular flexibility index (Phi) is 2.40. The first-order valence-electron chi connectivity index (χ1n) is 5.59. The van der Waals surface area contributed by atoms with Crippen molar-refractivity contribution in [3.8, 4) is 0 Å². The molecule has 90 valence electrons. The van der Waals surface area contributed by atoms with Crippen LogP contribution in [0, 0.1) is 0 Å². The molecule has 0 amide bonds. The number of fused-ring (bicyclic) bond motifs is 1. The lowest BCUT2D eigenvalue weighted by Crippen LogP contribution is -2.39. The molecule has 2 aromatic rings. The van der Waals surface area contributed by atoms with Crippen molar-refractivity contribution in [3.63, 3.8) is 0 Å². The van der Waals surface area contributed by atoms with Gasteiger partial charge in [-0.15, -0.1) is 0 Å². The van der Waals surface area contributed by atoms with E-state index in [4.69, 9.17) is 22.1 Å². The summed E-state index contributed by atoms with van der Waals surface area (Å²) in [5.41, 5.74) is 7.79. The minimum atomic E-state index is -0.472. The standard InChI is InChI=1S/C12H14ClN3O/c1-16-10-3-2-8(13)6-9(10)15-11(16)12(14)4-5-17-7-12/h2-3,6H,4-5,7,14H2,1H3. The molecule has 2 heterocycles. The number of hydrogen-bond donors (Lipinski definition) is 1. The van der Waals surface area contributed by atoms with E-state index in [0.29, 0.717) is 18.2 Å². The van der Waals surface area contributed by atoms with Crippen LogP contribution in [-0.4, -0.2) is 22.8 Å². The van der Waals surface area contributed by atoms with Gasteiger partial charge in [-0.2, -0.15) is 0 Å². The molecule has 0 saturated carbocycles. The molecule has 1 aromatic heterocycles. The van der Waals surface area contributed by atoms with Crippen LogP contribution in [0.5, 0.6) is 0 Å². The molecule has 2 N–H and O–H groups in total. The zero-order valence-electron chi connectivity index (χ0n) is 9.61. The Hall–Kier alpha value is -1.10. The second-order valence-electron chi connectivity index (χ2n) is 4.59. The molecule has 1 aliphatic rings. The highest BCUT2D eigenvalue weighted by Crippen LogP contribution is 2.30. The molecule has 1 aromatic carbocycles. The molecule has 1 unspecified atom stereocenters. The number of aromatic nitrogens is 2. The predicted octanol–water partition coefficient (Wildman–Crippen LogP) is 1.80. The summed E-state index contributed by atoms with van der Waals surface area (Å²) in [6, 6.07) is 5.69. The van der Waals surface area contributed by atoms with Gasteiger partial charge in [0.2, 0.25) is 0 Å². The van der Waals surface area contributed by atoms with E-state index in [1.54, 1.807) is 0 Å². The molecule has 0 radical (unpaired) electrons. The first-order valence-corrected chi connectivity index (χ1v) is 5.97. The summed E-state index contributed by atoms with van der Waals surface area (Å²) in [7, 11) is 1.98. The third-order valence-corrected chi connectivity index (χ3v) is 3.58. The summed E-state index contributed by atoms with van der Waals surface area (Å²) in [5, 5.41) is 0.691. The van der Waals surface area contributed by atoms with Crippen LogP contribution < -0.4 is 5.73 Å². The Morgan fingerprint density at radius 2 is 2.35 bits per heavy atom. The predicted molar refractivity (Wildman–Crippen MR) is 67.0 cm³/mol. The van der Waals surface area contributed by atoms with Crippen LogP contribution in [0.3, 0.4) is 0 Å². The monoisotopic (exact) mass is 251 g/mol. The number of rotatable bonds is 1. The molecule has 1 fully saturated rings. The molecule has 0 bridgehead atoms. The number of aryl methyl sites for hydroxylation is 1. The molecule has 0 spiro atoms. The molecule has 3 rings (SSSR count). The maximum absolute atomic E-state index is 6.34. The van der Waals surface area contributed by atoms with Gasteiger partial charge < -0.3 is 15.0 Å². The summed E-state index contributed by atoms with van der Waals surface area (Å²) in [5.74, 6) is 0.868. The van der Waals surface area contributed by atoms with Gasteiger partial charge in [-0.25, -0.2) is 4.98 Å². The normalized spacial score (nSPS) is 24.6. The van der Waals surface area contributed by atoms with Crippen LogP contribution in [0.25, 0.3) is 11.0 Å². The van der Waals surface area contributed by atoms with Crippen LogP contribution in [0.1, 0.15) is 12.2 Å². The van der Waals surface area contributed by atoms with Gasteiger partial charge in [0.1, 0.15) is 11.4 Å². The Morgan fingerprint density at radius 1 is 1.53 bits per heavy atom. The number of nitrogens with two attached hydrogens (primary N) is 1. The quantitative estimate of drug-likeness (QED) is 0.841. The van der Waals surface area contributed by atoms with Gasteiger partial charge in [0.15, 0.2) is 0 Å². The van der Waals surface area contributed by atoms with E-state index in [9.17, 15) is 0 Å². The van der Waals surface area contributed by atoms with Crippen LogP contribution in [0.2, 0.25) is 5.02 Å². The van der Waals surface area contributed by atoms with E-state index < -0.39 is 5.54 Å². The summed E-state index contributed by atoms with van der Waals surface area (Å²) in [6.45, 7) is 1.22. The zero-order chi connectivity index (χ0) is 12.0. The second kappa shape index (κ2) is 3.70. The van der Waals surface area contributed by atoms with Gasteiger partial charge in [-0.3, -0.25) is 0 Å². The van der Waals surface area contributed by atoms with E-state index in [2.05, 4.69) is 4.98 Å². The number of halogens is 1. The SMILES string of the molecule is Cn1c(C2(N)CCOC2)nc2cc(Cl)ccc21. The molecule has 0 aliphatic carbocycles. The summed E-state index contributed by atoms with van der Waals surface area (Å²) < 4.78 is 7.41. The Balaban J connectivity index is 2.20. The van der Waals surface area contributed by atoms with Crippen LogP contribution in [-0.2, 0) is 17.3 Å². The number of imidazole rings is 1. The van der Waals surface area contributed by atoms with E-state index >= 15 is 0 Å². The van der Waals surface area contributed by atoms with Gasteiger partial charge in [-0.1, -0.05) is 11.6 Å². The molecule has 1 atom stereocenters. The zero-order valence-corrected chi connectivity index (χ0v) is 10.4. The van der Waals surface area contributed by atoms with Crippen LogP contribution >= 0.6 is 11.6 Å². The van der Waals surface area contributed by atoms with Gasteiger partial charge in [0, 0.05) is 18.7 Å². The van der Waals surface area contributed by atoms with Crippen molar-refractivity contribution in [1.29, 1.82) is 0 Å². The second-order valence-corrected chi connectivity index (χ2v) is 5.02. The minimum Gasteiger partial charge on any atom is -0.379 e. The molecular weight excluding hydrogens is 238 g/mol. The lowest BCUT2D eigenvalue weighted by Gasteiger charge is -2.20. The van der Waals surface area contributed by atoms with E-state index in [0.717, 1.165) is 23.3 Å². The molecule has 4 nitrogen and oxygen atoms in total. The molecule has 5 heteroatoms. The Bertz CT molecular complexity index is 572. The first kappa shape index (κ1) is 11.0. The summed E-state index contributed by atoms with van der Waals surface area (Å²) >= 11 is 5.97. The topological polar surface area (TPSA) is 53.1 Å². The lowest BCUT2D eigenvalue weighted by molar-refractivity contribution is 0.175. The fourth-order valence-electron chi connectivity index (χ4n) is 2.38. The fourth-order valence-corrected chi connectivity index (χ4v) is 2.54. The van der Waals surface area contributed by atoms with Crippen molar-refractivity contribution in [2.75, 3.05) is 13.2 Å². The highest BCUT2D eigenvalue weighted by Gasteiger charge is 2.36. The number of hydrogen-bond acceptors (Lipinski definition) is 3. The highest BCUT2D eigenvalue weighted by atomic mass is 35.5. The third kappa shape index (κ3) is 1.64. The van der Waals surface area contributed by atoms with Crippen molar-refractivity contribution in [1.82, 2.24) is 9.55 Å². The van der Waals surface area contributed by atoms with Crippen molar-refractivity contribution in [2.24, 2.45) is 12.8 Å². The Labute approximate surface area is 104 Å². The first-order chi connectivity index (χ1) is 8.10. The van der Waals surface area contributed by atoms with E-state index in [-0.39, 0.29) is 0 Å². The van der Waals surface area contributed by atoms with Crippen molar-refractivity contribution in [2.45, 2.75) is 12.0 Å².